The van der Waals surface area contributed by atoms with Crippen LogP contribution in [0.15, 0.2) is 42.7 Å². The number of pyridine rings is 1. The third-order valence-corrected chi connectivity index (χ3v) is 4.13. The molecule has 3 aromatic rings. The van der Waals surface area contributed by atoms with Crippen LogP contribution in [0.25, 0.3) is 11.0 Å². The minimum Gasteiger partial charge on any atom is -0.481 e. The topological polar surface area (TPSA) is 86.1 Å². The molecule has 0 fully saturated rings. The average molecular weight is 366 g/mol. The van der Waals surface area contributed by atoms with Crippen LogP contribution < -0.4 is 10.1 Å². The molecule has 1 N–H and O–H groups in total. The first kappa shape index (κ1) is 18.6. The molecule has 0 bridgehead atoms. The molecule has 0 saturated carbocycles. The van der Waals surface area contributed by atoms with Crippen molar-refractivity contribution in [1.82, 2.24) is 14.8 Å². The van der Waals surface area contributed by atoms with Gasteiger partial charge in [-0.2, -0.15) is 5.10 Å². The van der Waals surface area contributed by atoms with Gasteiger partial charge in [-0.25, -0.2) is 9.67 Å². The van der Waals surface area contributed by atoms with Crippen molar-refractivity contribution < 1.29 is 14.3 Å². The Morgan fingerprint density at radius 3 is 2.44 bits per heavy atom. The zero-order valence-electron chi connectivity index (χ0n) is 15.8. The van der Waals surface area contributed by atoms with Crippen molar-refractivity contribution in [2.24, 2.45) is 0 Å². The fourth-order valence-electron chi connectivity index (χ4n) is 2.66. The number of nitrogens with zero attached hydrogens (tertiary/aromatic N) is 3. The highest BCUT2D eigenvalue weighted by Crippen LogP contribution is 2.20. The van der Waals surface area contributed by atoms with Crippen LogP contribution in [0.2, 0.25) is 0 Å². The van der Waals surface area contributed by atoms with Gasteiger partial charge in [0.25, 0.3) is 5.91 Å². The van der Waals surface area contributed by atoms with Crippen molar-refractivity contribution in [3.63, 3.8) is 0 Å². The van der Waals surface area contributed by atoms with E-state index in [2.05, 4.69) is 15.4 Å². The Hall–Kier alpha value is -3.22. The van der Waals surface area contributed by atoms with Crippen LogP contribution in [0.4, 0.5) is 5.69 Å². The number of carbonyl (C=O) groups excluding carboxylic acids is 2. The molecule has 0 saturated heterocycles. The standard InChI is InChI=1S/C20H22N4O3/c1-12(2)24-19-16(10-22-24)9-17(11-21-19)23-20(26)14(4)27-18-7-5-15(6-8-18)13(3)25/h5-12,14H,1-4H3,(H,23,26)/t14-/m0/s1. The molecule has 3 rings (SSSR count). The lowest BCUT2D eigenvalue weighted by Crippen LogP contribution is -2.30. The maximum Gasteiger partial charge on any atom is 0.265 e. The van der Waals surface area contributed by atoms with E-state index in [0.29, 0.717) is 17.0 Å². The molecule has 1 atom stereocenters. The second kappa shape index (κ2) is 7.57. The number of hydrogen-bond acceptors (Lipinski definition) is 5. The van der Waals surface area contributed by atoms with E-state index in [4.69, 9.17) is 4.74 Å². The molecule has 0 unspecified atom stereocenters. The number of benzene rings is 1. The number of rotatable bonds is 6. The van der Waals surface area contributed by atoms with Crippen LogP contribution in [0.1, 0.15) is 44.1 Å². The quantitative estimate of drug-likeness (QED) is 0.673. The summed E-state index contributed by atoms with van der Waals surface area (Å²) in [5, 5.41) is 7.98. The number of nitrogens with one attached hydrogen (secondary N) is 1. The van der Waals surface area contributed by atoms with Gasteiger partial charge in [0.1, 0.15) is 5.75 Å². The molecule has 0 aliphatic rings. The highest BCUT2D eigenvalue weighted by molar-refractivity contribution is 5.96. The van der Waals surface area contributed by atoms with Crippen molar-refractivity contribution in [2.45, 2.75) is 39.8 Å². The third-order valence-electron chi connectivity index (χ3n) is 4.13. The fourth-order valence-corrected chi connectivity index (χ4v) is 2.66. The summed E-state index contributed by atoms with van der Waals surface area (Å²) in [5.41, 5.74) is 1.96. The summed E-state index contributed by atoms with van der Waals surface area (Å²) in [7, 11) is 0. The molecule has 140 valence electrons. The Bertz CT molecular complexity index is 977. The molecule has 2 heterocycles. The Morgan fingerprint density at radius 2 is 1.81 bits per heavy atom. The van der Waals surface area contributed by atoms with Crippen LogP contribution in [-0.4, -0.2) is 32.6 Å². The first-order valence-corrected chi connectivity index (χ1v) is 8.77. The summed E-state index contributed by atoms with van der Waals surface area (Å²) < 4.78 is 7.48. The van der Waals surface area contributed by atoms with Crippen LogP contribution in [0.5, 0.6) is 5.75 Å². The molecule has 0 aliphatic heterocycles. The van der Waals surface area contributed by atoms with Gasteiger partial charge < -0.3 is 10.1 Å². The van der Waals surface area contributed by atoms with Crippen LogP contribution in [-0.2, 0) is 4.79 Å². The normalized spacial score (nSPS) is 12.2. The maximum atomic E-state index is 12.4. The van der Waals surface area contributed by atoms with Gasteiger partial charge in [-0.1, -0.05) is 0 Å². The Kier molecular flexibility index (Phi) is 5.21. The van der Waals surface area contributed by atoms with Crippen molar-refractivity contribution in [1.29, 1.82) is 0 Å². The smallest absolute Gasteiger partial charge is 0.265 e. The third kappa shape index (κ3) is 4.13. The van der Waals surface area contributed by atoms with Crippen molar-refractivity contribution in [3.8, 4) is 5.75 Å². The van der Waals surface area contributed by atoms with Gasteiger partial charge in [0.2, 0.25) is 0 Å². The molecule has 0 aliphatic carbocycles. The zero-order chi connectivity index (χ0) is 19.6. The second-order valence-corrected chi connectivity index (χ2v) is 6.65. The van der Waals surface area contributed by atoms with Gasteiger partial charge in [0.05, 0.1) is 18.1 Å². The summed E-state index contributed by atoms with van der Waals surface area (Å²) in [4.78, 5) is 28.1. The summed E-state index contributed by atoms with van der Waals surface area (Å²) in [6, 6.07) is 8.74. The van der Waals surface area contributed by atoms with E-state index in [1.807, 2.05) is 24.6 Å². The molecule has 0 spiro atoms. The lowest BCUT2D eigenvalue weighted by Gasteiger charge is -2.15. The number of carbonyl (C=O) groups is 2. The van der Waals surface area contributed by atoms with Crippen LogP contribution in [0.3, 0.4) is 0 Å². The lowest BCUT2D eigenvalue weighted by atomic mass is 10.1. The number of ketones is 1. The van der Waals surface area contributed by atoms with Gasteiger partial charge in [-0.3, -0.25) is 9.59 Å². The van der Waals surface area contributed by atoms with E-state index in [0.717, 1.165) is 11.0 Å². The molecule has 2 aromatic heterocycles. The van der Waals surface area contributed by atoms with Gasteiger partial charge in [0.15, 0.2) is 17.5 Å². The summed E-state index contributed by atoms with van der Waals surface area (Å²) in [6.45, 7) is 7.23. The highest BCUT2D eigenvalue weighted by atomic mass is 16.5. The highest BCUT2D eigenvalue weighted by Gasteiger charge is 2.16. The minimum atomic E-state index is -0.706. The molecule has 0 radical (unpaired) electrons. The van der Waals surface area contributed by atoms with Gasteiger partial charge in [-0.05, 0) is 58.0 Å². The molecule has 7 nitrogen and oxygen atoms in total. The summed E-state index contributed by atoms with van der Waals surface area (Å²) in [5.74, 6) is 0.216. The number of ether oxygens (including phenoxy) is 1. The molecule has 27 heavy (non-hydrogen) atoms. The van der Waals surface area contributed by atoms with E-state index in [1.54, 1.807) is 43.6 Å². The van der Waals surface area contributed by atoms with Gasteiger partial charge >= 0.3 is 0 Å². The van der Waals surface area contributed by atoms with E-state index >= 15 is 0 Å². The van der Waals surface area contributed by atoms with Crippen molar-refractivity contribution >= 4 is 28.4 Å². The Labute approximate surface area is 157 Å². The Balaban J connectivity index is 1.67. The first-order chi connectivity index (χ1) is 12.8. The van der Waals surface area contributed by atoms with Crippen molar-refractivity contribution in [3.05, 3.63) is 48.3 Å². The zero-order valence-corrected chi connectivity index (χ0v) is 15.8. The monoisotopic (exact) mass is 366 g/mol. The largest absolute Gasteiger partial charge is 0.481 e. The average Bonchev–Trinajstić information content (AvgIpc) is 3.05. The van der Waals surface area contributed by atoms with Gasteiger partial charge in [-0.15, -0.1) is 0 Å². The van der Waals surface area contributed by atoms with Crippen LogP contribution in [0, 0.1) is 0 Å². The Morgan fingerprint density at radius 1 is 1.11 bits per heavy atom. The summed E-state index contributed by atoms with van der Waals surface area (Å²) in [6.07, 6.45) is 2.63. The fraction of sp³-hybridized carbons (Fsp3) is 0.300. The predicted molar refractivity (Wildman–Crippen MR) is 103 cm³/mol. The molecule has 7 heteroatoms. The molecular formula is C20H22N4O3. The lowest BCUT2D eigenvalue weighted by molar-refractivity contribution is -0.122. The summed E-state index contributed by atoms with van der Waals surface area (Å²) >= 11 is 0. The number of amides is 1. The maximum absolute atomic E-state index is 12.4. The number of aromatic nitrogens is 3. The number of hydrogen-bond donors (Lipinski definition) is 1. The van der Waals surface area contributed by atoms with E-state index < -0.39 is 6.10 Å². The number of anilines is 1. The van der Waals surface area contributed by atoms with E-state index in [9.17, 15) is 9.59 Å². The molecular weight excluding hydrogens is 344 g/mol. The predicted octanol–water partition coefficient (Wildman–Crippen LogP) is 3.62. The van der Waals surface area contributed by atoms with E-state index in [1.165, 1.54) is 6.92 Å². The van der Waals surface area contributed by atoms with Gasteiger partial charge in [0, 0.05) is 17.0 Å². The molecule has 1 amide bonds. The van der Waals surface area contributed by atoms with Crippen molar-refractivity contribution in [2.75, 3.05) is 5.32 Å². The second-order valence-electron chi connectivity index (χ2n) is 6.65. The number of Topliss-reactive ketones (excluding diaryl/α,β-unsaturated/α-hetero) is 1. The van der Waals surface area contributed by atoms with E-state index in [-0.39, 0.29) is 17.7 Å². The SMILES string of the molecule is CC(=O)c1ccc(O[C@@H](C)C(=O)Nc2cnc3c(cnn3C(C)C)c2)cc1. The first-order valence-electron chi connectivity index (χ1n) is 8.77. The number of fused-ring (bicyclic) bond motifs is 1. The molecule has 1 aromatic carbocycles. The van der Waals surface area contributed by atoms with Crippen LogP contribution >= 0.6 is 0 Å². The minimum absolute atomic E-state index is 0.0176.